The quantitative estimate of drug-likeness (QED) is 0.108. The largest absolute Gasteiger partial charge is 0.481 e. The van der Waals surface area contributed by atoms with Gasteiger partial charge in [0.1, 0.15) is 24.4 Å². The number of rotatable bonds is 16. The molecule has 2 fully saturated rings. The molecule has 4 unspecified atom stereocenters. The highest BCUT2D eigenvalue weighted by atomic mass is 35.5. The fraction of sp³-hybridized carbons (Fsp3) is 0.491. The number of nitrogens with zero attached hydrogens (tertiary/aromatic N) is 2. The average Bonchev–Trinajstić information content (AvgIpc) is 3.29. The molecule has 2 aliphatic rings. The summed E-state index contributed by atoms with van der Waals surface area (Å²) in [5.74, 6) is -4.13. The Balaban J connectivity index is 0.000000320. The first-order chi connectivity index (χ1) is 34.2. The SMILES string of the molecule is C.CCC(CS(=O)(=O)C(C)(C)C)N1C(=O)[C@@H](CC(=O)O)OC(c2cccc(Cl)c2)[C@@]1(C)c1ccc(Cl)cc1.CCC(CS(=O)(=O)C(C)(C)C)N1C(=O)[C@H](CC(=O)O)OC(c2cccc(Cl)c2)[C@@]1(C)c1ccc(Cl)cc1. The Labute approximate surface area is 462 Å². The van der Waals surface area contributed by atoms with E-state index in [4.69, 9.17) is 55.9 Å². The van der Waals surface area contributed by atoms with Gasteiger partial charge in [0, 0.05) is 32.2 Å². The van der Waals surface area contributed by atoms with Gasteiger partial charge in [-0.05, 0) is 139 Å². The zero-order chi connectivity index (χ0) is 55.5. The number of hydrogen-bond donors (Lipinski definition) is 2. The third kappa shape index (κ3) is 13.9. The second kappa shape index (κ2) is 24.6. The monoisotopic (exact) mass is 1150 g/mol. The molecule has 2 amide bonds. The third-order valence-corrected chi connectivity index (χ3v) is 20.2. The van der Waals surface area contributed by atoms with Crippen LogP contribution in [0.5, 0.6) is 0 Å². The summed E-state index contributed by atoms with van der Waals surface area (Å²) in [5, 5.41) is 21.0. The number of carboxylic acids is 2. The zero-order valence-corrected chi connectivity index (χ0v) is 47.8. The predicted octanol–water partition coefficient (Wildman–Crippen LogP) is 11.9. The number of ether oxygens (including phenoxy) is 2. The lowest BCUT2D eigenvalue weighted by Crippen LogP contribution is -2.65. The molecule has 2 heterocycles. The van der Waals surface area contributed by atoms with E-state index in [-0.39, 0.29) is 18.9 Å². The Morgan fingerprint density at radius 2 is 0.880 bits per heavy atom. The summed E-state index contributed by atoms with van der Waals surface area (Å²) in [6.07, 6.45) is -4.79. The molecular formula is C55H70Cl4N2O12S2. The minimum atomic E-state index is -3.64. The maximum absolute atomic E-state index is 14.0. The first kappa shape index (κ1) is 63.3. The van der Waals surface area contributed by atoms with Crippen molar-refractivity contribution in [3.05, 3.63) is 139 Å². The minimum Gasteiger partial charge on any atom is -0.481 e. The van der Waals surface area contributed by atoms with Crippen LogP contribution in [0, 0.1) is 0 Å². The van der Waals surface area contributed by atoms with Crippen molar-refractivity contribution in [1.82, 2.24) is 9.80 Å². The molecule has 20 heteroatoms. The van der Waals surface area contributed by atoms with Gasteiger partial charge in [0.05, 0.1) is 44.9 Å². The third-order valence-electron chi connectivity index (χ3n) is 13.9. The summed E-state index contributed by atoms with van der Waals surface area (Å²) in [6, 6.07) is 26.2. The van der Waals surface area contributed by atoms with Crippen molar-refractivity contribution in [2.75, 3.05) is 11.5 Å². The van der Waals surface area contributed by atoms with E-state index in [0.29, 0.717) is 55.2 Å². The smallest absolute Gasteiger partial charge is 0.306 e. The van der Waals surface area contributed by atoms with Crippen LogP contribution in [0.3, 0.4) is 0 Å². The Morgan fingerprint density at radius 3 is 1.13 bits per heavy atom. The first-order valence-electron chi connectivity index (χ1n) is 24.1. The summed E-state index contributed by atoms with van der Waals surface area (Å²) in [5.41, 5.74) is 0.161. The average molecular weight is 1160 g/mol. The van der Waals surface area contributed by atoms with Crippen molar-refractivity contribution in [3.8, 4) is 0 Å². The van der Waals surface area contributed by atoms with Gasteiger partial charge in [-0.25, -0.2) is 16.8 Å². The van der Waals surface area contributed by atoms with Gasteiger partial charge in [0.15, 0.2) is 19.7 Å². The summed E-state index contributed by atoms with van der Waals surface area (Å²) >= 11 is 25.0. The lowest BCUT2D eigenvalue weighted by Gasteiger charge is -2.55. The van der Waals surface area contributed by atoms with Gasteiger partial charge in [-0.15, -0.1) is 0 Å². The number of carboxylic acid groups (broad SMARTS) is 2. The normalized spacial score (nSPS) is 23.3. The Bertz CT molecular complexity index is 2710. The molecule has 2 saturated heterocycles. The molecule has 0 saturated carbocycles. The molecule has 0 aliphatic carbocycles. The van der Waals surface area contributed by atoms with Crippen molar-refractivity contribution in [1.29, 1.82) is 0 Å². The molecular weight excluding hydrogens is 1090 g/mol. The lowest BCUT2D eigenvalue weighted by atomic mass is 9.78. The van der Waals surface area contributed by atoms with Crippen LogP contribution in [0.25, 0.3) is 0 Å². The van der Waals surface area contributed by atoms with Crippen LogP contribution in [0.4, 0.5) is 0 Å². The fourth-order valence-corrected chi connectivity index (χ4v) is 12.9. The molecule has 0 spiro atoms. The van der Waals surface area contributed by atoms with Crippen LogP contribution in [0.2, 0.25) is 20.1 Å². The van der Waals surface area contributed by atoms with Crippen LogP contribution in [-0.2, 0) is 59.4 Å². The van der Waals surface area contributed by atoms with Crippen LogP contribution >= 0.6 is 46.4 Å². The molecule has 75 heavy (non-hydrogen) atoms. The highest BCUT2D eigenvalue weighted by Crippen LogP contribution is 2.51. The Hall–Kier alpha value is -4.26. The van der Waals surface area contributed by atoms with E-state index in [2.05, 4.69) is 0 Å². The van der Waals surface area contributed by atoms with Crippen LogP contribution in [-0.4, -0.2) is 106 Å². The number of amides is 2. The number of halogens is 4. The van der Waals surface area contributed by atoms with E-state index in [1.165, 1.54) is 9.80 Å². The summed E-state index contributed by atoms with van der Waals surface area (Å²) in [6.45, 7) is 17.0. The molecule has 2 aliphatic heterocycles. The zero-order valence-electron chi connectivity index (χ0n) is 43.1. The van der Waals surface area contributed by atoms with E-state index in [0.717, 1.165) is 0 Å². The molecule has 412 valence electrons. The number of carbonyl (C=O) groups is 4. The number of aliphatic carboxylic acids is 2. The fourth-order valence-electron chi connectivity index (χ4n) is 9.49. The summed E-state index contributed by atoms with van der Waals surface area (Å²) in [7, 11) is -7.29. The maximum Gasteiger partial charge on any atom is 0.306 e. The number of benzene rings is 4. The van der Waals surface area contributed by atoms with E-state index < -0.39 is 113 Å². The van der Waals surface area contributed by atoms with Crippen molar-refractivity contribution in [3.63, 3.8) is 0 Å². The maximum atomic E-state index is 14.0. The van der Waals surface area contributed by atoms with Crippen LogP contribution < -0.4 is 0 Å². The highest BCUT2D eigenvalue weighted by molar-refractivity contribution is 7.93. The van der Waals surface area contributed by atoms with Crippen LogP contribution in [0.1, 0.15) is 137 Å². The van der Waals surface area contributed by atoms with Crippen LogP contribution in [0.15, 0.2) is 97.1 Å². The van der Waals surface area contributed by atoms with Gasteiger partial charge in [-0.1, -0.05) is 116 Å². The van der Waals surface area contributed by atoms with Gasteiger partial charge in [-0.2, -0.15) is 0 Å². The lowest BCUT2D eigenvalue weighted by molar-refractivity contribution is -0.200. The molecule has 2 N–H and O–H groups in total. The minimum absolute atomic E-state index is 0. The predicted molar refractivity (Wildman–Crippen MR) is 296 cm³/mol. The van der Waals surface area contributed by atoms with Crippen molar-refractivity contribution < 1.29 is 55.7 Å². The van der Waals surface area contributed by atoms with Gasteiger partial charge in [-0.3, -0.25) is 19.2 Å². The Morgan fingerprint density at radius 1 is 0.573 bits per heavy atom. The van der Waals surface area contributed by atoms with Crippen molar-refractivity contribution in [2.24, 2.45) is 0 Å². The Kier molecular flexibility index (Phi) is 20.8. The second-order valence-electron chi connectivity index (χ2n) is 21.0. The second-order valence-corrected chi connectivity index (χ2v) is 28.3. The molecule has 0 aromatic heterocycles. The molecule has 14 nitrogen and oxygen atoms in total. The molecule has 6 rings (SSSR count). The van der Waals surface area contributed by atoms with E-state index in [1.807, 2.05) is 27.7 Å². The summed E-state index contributed by atoms with van der Waals surface area (Å²) in [4.78, 5) is 54.4. The molecule has 0 radical (unpaired) electrons. The molecule has 4 aromatic rings. The first-order valence-corrected chi connectivity index (χ1v) is 28.9. The van der Waals surface area contributed by atoms with E-state index >= 15 is 0 Å². The topological polar surface area (TPSA) is 202 Å². The molecule has 8 atom stereocenters. The standard InChI is InChI=1S/2C27H33Cl2NO6S.CH4/c2*1-6-21(16-37(34,35)26(2,3)4)30-25(33)22(15-23(31)32)36-24(17-8-7-9-20(29)14-17)27(30,5)18-10-12-19(28)13-11-18;/h2*7-14,21-22,24H,6,15-16H2,1-5H3,(H,31,32);1H4/t21?,22-,24?,27+;21?,22-,24?,27-;/m01./s1. The molecule has 0 bridgehead atoms. The molecule has 4 aromatic carbocycles. The number of hydrogen-bond acceptors (Lipinski definition) is 10. The van der Waals surface area contributed by atoms with Crippen molar-refractivity contribution >= 4 is 89.8 Å². The van der Waals surface area contributed by atoms with E-state index in [1.54, 1.807) is 139 Å². The summed E-state index contributed by atoms with van der Waals surface area (Å²) < 4.78 is 63.7. The van der Waals surface area contributed by atoms with Crippen molar-refractivity contribution in [2.45, 2.75) is 159 Å². The number of carbonyl (C=O) groups excluding carboxylic acids is 2. The van der Waals surface area contributed by atoms with Gasteiger partial charge >= 0.3 is 11.9 Å². The number of sulfone groups is 2. The number of morpholine rings is 2. The van der Waals surface area contributed by atoms with E-state index in [9.17, 15) is 46.2 Å². The highest BCUT2D eigenvalue weighted by Gasteiger charge is 2.57. The van der Waals surface area contributed by atoms with Gasteiger partial charge < -0.3 is 29.5 Å². The van der Waals surface area contributed by atoms with Gasteiger partial charge in [0.25, 0.3) is 11.8 Å². The van der Waals surface area contributed by atoms with Gasteiger partial charge in [0.2, 0.25) is 0 Å².